The lowest BCUT2D eigenvalue weighted by Gasteiger charge is -2.34. The Balaban J connectivity index is 1.35. The molecule has 1 saturated heterocycles. The molecule has 1 aliphatic heterocycles. The van der Waals surface area contributed by atoms with Gasteiger partial charge in [0, 0.05) is 53.5 Å². The maximum atomic E-state index is 13.5. The van der Waals surface area contributed by atoms with Crippen molar-refractivity contribution in [2.75, 3.05) is 13.1 Å². The van der Waals surface area contributed by atoms with Crippen molar-refractivity contribution in [3.63, 3.8) is 0 Å². The molecule has 6 heteroatoms. The molecule has 34 heavy (non-hydrogen) atoms. The van der Waals surface area contributed by atoms with E-state index in [1.54, 1.807) is 4.90 Å². The molecule has 1 amide bonds. The van der Waals surface area contributed by atoms with Gasteiger partial charge in [-0.05, 0) is 50.6 Å². The Morgan fingerprint density at radius 2 is 1.79 bits per heavy atom. The number of H-pyrrole nitrogens is 1. The van der Waals surface area contributed by atoms with Crippen LogP contribution in [0.4, 0.5) is 4.79 Å². The van der Waals surface area contributed by atoms with Crippen molar-refractivity contribution in [2.24, 2.45) is 0 Å². The summed E-state index contributed by atoms with van der Waals surface area (Å²) in [5.41, 5.74) is 3.55. The molecule has 178 valence electrons. The second-order valence-electron chi connectivity index (χ2n) is 10.9. The second kappa shape index (κ2) is 7.90. The van der Waals surface area contributed by atoms with Crippen LogP contribution in [0.1, 0.15) is 74.6 Å². The molecular weight excluding hydrogens is 428 g/mol. The van der Waals surface area contributed by atoms with E-state index < -0.39 is 5.60 Å². The molecule has 0 atom stereocenters. The molecule has 0 radical (unpaired) electrons. The zero-order valence-electron chi connectivity index (χ0n) is 20.5. The molecule has 3 aromatic rings. The molecule has 0 unspecified atom stereocenters. The van der Waals surface area contributed by atoms with Crippen molar-refractivity contribution >= 4 is 22.8 Å². The van der Waals surface area contributed by atoms with E-state index >= 15 is 0 Å². The number of rotatable bonds is 2. The largest absolute Gasteiger partial charge is 0.490 e. The van der Waals surface area contributed by atoms with Gasteiger partial charge in [0.05, 0.1) is 5.56 Å². The number of carbonyl (C=O) groups excluding carboxylic acids is 2. The summed E-state index contributed by atoms with van der Waals surface area (Å²) in [4.78, 5) is 31.0. The van der Waals surface area contributed by atoms with Gasteiger partial charge in [-0.15, -0.1) is 0 Å². The van der Waals surface area contributed by atoms with E-state index in [2.05, 4.69) is 18.8 Å². The molecule has 2 aliphatic rings. The van der Waals surface area contributed by atoms with E-state index in [4.69, 9.17) is 9.47 Å². The minimum Gasteiger partial charge on any atom is -0.490 e. The van der Waals surface area contributed by atoms with E-state index in [1.165, 1.54) is 0 Å². The number of para-hydroxylation sites is 1. The molecule has 1 aliphatic carbocycles. The number of carbonyl (C=O) groups is 2. The lowest BCUT2D eigenvalue weighted by atomic mass is 9.71. The Kier molecular flexibility index (Phi) is 5.23. The SMILES string of the molecule is CC(C)(C)OC(=O)N1CCC(Oc2ccc3c(c2)C(C)(C)c2[nH]c4ccccc4c2C3=O)CC1. The van der Waals surface area contributed by atoms with Gasteiger partial charge in [0.25, 0.3) is 0 Å². The summed E-state index contributed by atoms with van der Waals surface area (Å²) in [6.45, 7) is 11.1. The Bertz CT molecular complexity index is 1270. The van der Waals surface area contributed by atoms with Crippen molar-refractivity contribution in [1.82, 2.24) is 9.88 Å². The molecule has 6 nitrogen and oxygen atoms in total. The van der Waals surface area contributed by atoms with Crippen LogP contribution in [0.15, 0.2) is 42.5 Å². The van der Waals surface area contributed by atoms with Gasteiger partial charge in [0.2, 0.25) is 0 Å². The maximum Gasteiger partial charge on any atom is 0.410 e. The zero-order valence-corrected chi connectivity index (χ0v) is 20.5. The Labute approximate surface area is 200 Å². The quantitative estimate of drug-likeness (QED) is 0.523. The number of hydrogen-bond donors (Lipinski definition) is 1. The minimum absolute atomic E-state index is 0.0165. The molecule has 0 spiro atoms. The van der Waals surface area contributed by atoms with Crippen LogP contribution in [0.25, 0.3) is 10.9 Å². The fraction of sp³-hybridized carbons (Fsp3) is 0.429. The summed E-state index contributed by atoms with van der Waals surface area (Å²) in [5, 5.41) is 0.971. The molecule has 0 saturated carbocycles. The number of aromatic amines is 1. The van der Waals surface area contributed by atoms with E-state index in [-0.39, 0.29) is 23.4 Å². The van der Waals surface area contributed by atoms with Gasteiger partial charge in [-0.2, -0.15) is 0 Å². The maximum absolute atomic E-state index is 13.5. The first kappa shape index (κ1) is 22.5. The lowest BCUT2D eigenvalue weighted by molar-refractivity contribution is 0.0126. The minimum atomic E-state index is -0.497. The molecule has 1 aromatic heterocycles. The van der Waals surface area contributed by atoms with Gasteiger partial charge in [0.1, 0.15) is 17.5 Å². The van der Waals surface area contributed by atoms with E-state index in [0.717, 1.165) is 51.9 Å². The van der Waals surface area contributed by atoms with Gasteiger partial charge in [-0.1, -0.05) is 32.0 Å². The van der Waals surface area contributed by atoms with Gasteiger partial charge in [0.15, 0.2) is 5.78 Å². The topological polar surface area (TPSA) is 71.6 Å². The number of aromatic nitrogens is 1. The fourth-order valence-electron chi connectivity index (χ4n) is 5.10. The van der Waals surface area contributed by atoms with Gasteiger partial charge in [-0.25, -0.2) is 4.79 Å². The molecule has 1 fully saturated rings. The van der Waals surface area contributed by atoms with Crippen LogP contribution in [0.2, 0.25) is 0 Å². The number of amides is 1. The zero-order chi connectivity index (χ0) is 24.3. The third kappa shape index (κ3) is 3.85. The molecule has 0 bridgehead atoms. The summed E-state index contributed by atoms with van der Waals surface area (Å²) in [5.74, 6) is 0.814. The molecule has 2 aromatic carbocycles. The number of fused-ring (bicyclic) bond motifs is 4. The Morgan fingerprint density at radius 1 is 1.09 bits per heavy atom. The Hall–Kier alpha value is -3.28. The van der Waals surface area contributed by atoms with E-state index in [1.807, 2.05) is 63.2 Å². The van der Waals surface area contributed by atoms with E-state index in [0.29, 0.717) is 13.1 Å². The number of hydrogen-bond acceptors (Lipinski definition) is 4. The predicted octanol–water partition coefficient (Wildman–Crippen LogP) is 5.82. The molecular formula is C28H32N2O4. The summed E-state index contributed by atoms with van der Waals surface area (Å²) >= 11 is 0. The van der Waals surface area contributed by atoms with Crippen molar-refractivity contribution < 1.29 is 19.1 Å². The first-order valence-corrected chi connectivity index (χ1v) is 12.0. The predicted molar refractivity (Wildman–Crippen MR) is 132 cm³/mol. The highest BCUT2D eigenvalue weighted by atomic mass is 16.6. The van der Waals surface area contributed by atoms with Gasteiger partial charge in [-0.3, -0.25) is 4.79 Å². The van der Waals surface area contributed by atoms with Crippen molar-refractivity contribution in [3.8, 4) is 5.75 Å². The number of nitrogens with one attached hydrogen (secondary N) is 1. The van der Waals surface area contributed by atoms with Crippen molar-refractivity contribution in [1.29, 1.82) is 0 Å². The summed E-state index contributed by atoms with van der Waals surface area (Å²) in [6, 6.07) is 13.8. The second-order valence-corrected chi connectivity index (χ2v) is 10.9. The highest BCUT2D eigenvalue weighted by molar-refractivity contribution is 6.20. The summed E-state index contributed by atoms with van der Waals surface area (Å²) in [7, 11) is 0. The highest BCUT2D eigenvalue weighted by Gasteiger charge is 2.40. The van der Waals surface area contributed by atoms with Crippen LogP contribution in [-0.2, 0) is 10.2 Å². The number of likely N-dealkylation sites (tertiary alicyclic amines) is 1. The number of ether oxygens (including phenoxy) is 2. The number of benzene rings is 2. The first-order valence-electron chi connectivity index (χ1n) is 12.0. The van der Waals surface area contributed by atoms with Crippen LogP contribution in [0.3, 0.4) is 0 Å². The number of ketones is 1. The summed E-state index contributed by atoms with van der Waals surface area (Å²) < 4.78 is 11.8. The molecule has 1 N–H and O–H groups in total. The third-order valence-corrected chi connectivity index (χ3v) is 6.86. The summed E-state index contributed by atoms with van der Waals surface area (Å²) in [6.07, 6.45) is 1.23. The van der Waals surface area contributed by atoms with Crippen LogP contribution in [0.5, 0.6) is 5.75 Å². The highest BCUT2D eigenvalue weighted by Crippen LogP contribution is 2.44. The van der Waals surface area contributed by atoms with Crippen molar-refractivity contribution in [2.45, 2.75) is 64.6 Å². The number of piperidine rings is 1. The molecule has 2 heterocycles. The first-order chi connectivity index (χ1) is 16.0. The average molecular weight is 461 g/mol. The van der Waals surface area contributed by atoms with Gasteiger partial charge < -0.3 is 19.4 Å². The standard InChI is InChI=1S/C28H32N2O4/c1-27(2,3)34-26(32)30-14-12-17(13-15-30)33-18-10-11-19-21(16-18)28(4,5)25-23(24(19)31)20-8-6-7-9-22(20)29-25/h6-11,16-17,29H,12-15H2,1-5H3. The normalized spacial score (nSPS) is 17.9. The Morgan fingerprint density at radius 3 is 2.50 bits per heavy atom. The van der Waals surface area contributed by atoms with Crippen molar-refractivity contribution in [3.05, 3.63) is 64.8 Å². The fourth-order valence-corrected chi connectivity index (χ4v) is 5.10. The van der Waals surface area contributed by atoms with Gasteiger partial charge >= 0.3 is 6.09 Å². The van der Waals surface area contributed by atoms with Crippen LogP contribution >= 0.6 is 0 Å². The molecule has 5 rings (SSSR count). The van der Waals surface area contributed by atoms with Crippen LogP contribution < -0.4 is 4.74 Å². The third-order valence-electron chi connectivity index (χ3n) is 6.86. The van der Waals surface area contributed by atoms with Crippen LogP contribution in [-0.4, -0.2) is 46.6 Å². The van der Waals surface area contributed by atoms with Crippen LogP contribution in [0, 0.1) is 0 Å². The lowest BCUT2D eigenvalue weighted by Crippen LogP contribution is -2.44. The number of nitrogens with zero attached hydrogens (tertiary/aromatic N) is 1. The van der Waals surface area contributed by atoms with E-state index in [9.17, 15) is 9.59 Å². The smallest absolute Gasteiger partial charge is 0.410 e. The average Bonchev–Trinajstić information content (AvgIpc) is 3.18. The monoisotopic (exact) mass is 460 g/mol.